The second-order valence-electron chi connectivity index (χ2n) is 7.86. The van der Waals surface area contributed by atoms with E-state index < -0.39 is 0 Å². The molecule has 3 amide bonds. The number of ketones is 1. The van der Waals surface area contributed by atoms with E-state index in [9.17, 15) is 14.4 Å². The van der Waals surface area contributed by atoms with Crippen LogP contribution in [0.1, 0.15) is 29.9 Å². The Morgan fingerprint density at radius 3 is 2.48 bits per heavy atom. The Labute approximate surface area is 194 Å². The van der Waals surface area contributed by atoms with Crippen LogP contribution in [0.5, 0.6) is 5.75 Å². The van der Waals surface area contributed by atoms with Gasteiger partial charge in [-0.2, -0.15) is 0 Å². The first kappa shape index (κ1) is 24.2. The third-order valence-electron chi connectivity index (χ3n) is 5.65. The molecule has 1 aromatic carbocycles. The van der Waals surface area contributed by atoms with Gasteiger partial charge in [0.15, 0.2) is 5.78 Å². The minimum absolute atomic E-state index is 0.0749. The van der Waals surface area contributed by atoms with E-state index in [1.54, 1.807) is 24.1 Å². The van der Waals surface area contributed by atoms with Gasteiger partial charge in [-0.05, 0) is 30.8 Å². The first-order valence-electron chi connectivity index (χ1n) is 11.1. The lowest BCUT2D eigenvalue weighted by Gasteiger charge is -2.37. The average Bonchev–Trinajstić information content (AvgIpc) is 2.85. The van der Waals surface area contributed by atoms with E-state index in [4.69, 9.17) is 4.74 Å². The minimum atomic E-state index is -0.264. The highest BCUT2D eigenvalue weighted by Gasteiger charge is 2.26. The number of Topliss-reactive ketones (excluding diaryl/α,β-unsaturated/α-hetero) is 1. The van der Waals surface area contributed by atoms with Gasteiger partial charge in [0.2, 0.25) is 5.91 Å². The van der Waals surface area contributed by atoms with Gasteiger partial charge >= 0.3 is 6.03 Å². The molecule has 0 spiro atoms. The molecule has 2 aromatic rings. The zero-order valence-corrected chi connectivity index (χ0v) is 19.4. The molecule has 0 saturated carbocycles. The Bertz CT molecular complexity index is 971. The zero-order chi connectivity index (χ0) is 23.8. The first-order chi connectivity index (χ1) is 15.9. The van der Waals surface area contributed by atoms with Gasteiger partial charge in [0.25, 0.3) is 0 Å². The van der Waals surface area contributed by atoms with Crippen LogP contribution in [0.25, 0.3) is 0 Å². The third-order valence-corrected chi connectivity index (χ3v) is 5.65. The van der Waals surface area contributed by atoms with Gasteiger partial charge in [0.05, 0.1) is 25.9 Å². The van der Waals surface area contributed by atoms with Crippen LogP contribution < -0.4 is 15.0 Å². The maximum absolute atomic E-state index is 13.5. The summed E-state index contributed by atoms with van der Waals surface area (Å²) in [5, 5.41) is 2.49. The van der Waals surface area contributed by atoms with E-state index in [0.29, 0.717) is 35.8 Å². The maximum Gasteiger partial charge on any atom is 0.324 e. The number of ether oxygens (including phenoxy) is 1. The number of benzene rings is 1. The molecule has 0 atom stereocenters. The van der Waals surface area contributed by atoms with Crippen LogP contribution in [-0.2, 0) is 11.3 Å². The lowest BCUT2D eigenvalue weighted by atomic mass is 10.1. The molecule has 1 aliphatic rings. The smallest absolute Gasteiger partial charge is 0.324 e. The van der Waals surface area contributed by atoms with Crippen molar-refractivity contribution in [3.8, 4) is 5.75 Å². The highest BCUT2D eigenvalue weighted by Crippen LogP contribution is 2.24. The Balaban J connectivity index is 1.79. The predicted molar refractivity (Wildman–Crippen MR) is 126 cm³/mol. The summed E-state index contributed by atoms with van der Waals surface area (Å²) in [6.07, 6.45) is 1.48. The van der Waals surface area contributed by atoms with Gasteiger partial charge < -0.3 is 19.9 Å². The second kappa shape index (κ2) is 11.4. The number of urea groups is 1. The van der Waals surface area contributed by atoms with Gasteiger partial charge in [-0.1, -0.05) is 13.0 Å². The van der Waals surface area contributed by atoms with Crippen molar-refractivity contribution in [1.29, 1.82) is 0 Å². The third kappa shape index (κ3) is 6.52. The molecule has 3 rings (SSSR count). The number of methoxy groups -OCH3 is 1. The maximum atomic E-state index is 13.5. The number of anilines is 1. The van der Waals surface area contributed by atoms with Crippen molar-refractivity contribution in [2.75, 3.05) is 51.3 Å². The van der Waals surface area contributed by atoms with E-state index >= 15 is 0 Å². The van der Waals surface area contributed by atoms with Crippen LogP contribution in [0.3, 0.4) is 0 Å². The molecule has 33 heavy (non-hydrogen) atoms. The van der Waals surface area contributed by atoms with Gasteiger partial charge in [0, 0.05) is 56.6 Å². The fourth-order valence-corrected chi connectivity index (χ4v) is 3.63. The predicted octanol–water partition coefficient (Wildman–Crippen LogP) is 2.17. The summed E-state index contributed by atoms with van der Waals surface area (Å²) < 4.78 is 5.35. The second-order valence-corrected chi connectivity index (χ2v) is 7.86. The fourth-order valence-electron chi connectivity index (χ4n) is 3.63. The monoisotopic (exact) mass is 453 g/mol. The van der Waals surface area contributed by atoms with Crippen LogP contribution in [0.2, 0.25) is 0 Å². The SMILES string of the molecule is CCN1CCN(C(=O)N(Cc2ccc(C(=O)CNC(C)=O)cn2)c2cccc(OC)c2)CC1. The minimum Gasteiger partial charge on any atom is -0.497 e. The number of hydrogen-bond donors (Lipinski definition) is 1. The molecule has 0 bridgehead atoms. The molecule has 9 heteroatoms. The van der Waals surface area contributed by atoms with E-state index in [1.165, 1.54) is 13.1 Å². The molecular formula is C24H31N5O4. The quantitative estimate of drug-likeness (QED) is 0.616. The molecule has 1 aliphatic heterocycles. The van der Waals surface area contributed by atoms with Crippen molar-refractivity contribution in [2.24, 2.45) is 0 Å². The van der Waals surface area contributed by atoms with E-state index in [2.05, 4.69) is 22.1 Å². The van der Waals surface area contributed by atoms with Gasteiger partial charge in [-0.3, -0.25) is 19.5 Å². The number of nitrogens with one attached hydrogen (secondary N) is 1. The largest absolute Gasteiger partial charge is 0.497 e. The zero-order valence-electron chi connectivity index (χ0n) is 19.4. The van der Waals surface area contributed by atoms with Crippen molar-refractivity contribution in [2.45, 2.75) is 20.4 Å². The van der Waals surface area contributed by atoms with Crippen LogP contribution in [0.15, 0.2) is 42.6 Å². The number of aromatic nitrogens is 1. The molecular weight excluding hydrogens is 422 g/mol. The molecule has 176 valence electrons. The molecule has 0 radical (unpaired) electrons. The van der Waals surface area contributed by atoms with Crippen LogP contribution in [0.4, 0.5) is 10.5 Å². The van der Waals surface area contributed by atoms with Crippen LogP contribution >= 0.6 is 0 Å². The molecule has 1 saturated heterocycles. The van der Waals surface area contributed by atoms with Crippen molar-refractivity contribution in [3.63, 3.8) is 0 Å². The van der Waals surface area contributed by atoms with Gasteiger partial charge in [-0.15, -0.1) is 0 Å². The number of likely N-dealkylation sites (N-methyl/N-ethyl adjacent to an activating group) is 1. The van der Waals surface area contributed by atoms with Gasteiger partial charge in [0.1, 0.15) is 5.75 Å². The lowest BCUT2D eigenvalue weighted by molar-refractivity contribution is -0.118. The van der Waals surface area contributed by atoms with Crippen molar-refractivity contribution in [3.05, 3.63) is 53.9 Å². The Kier molecular flexibility index (Phi) is 8.37. The highest BCUT2D eigenvalue weighted by atomic mass is 16.5. The normalized spacial score (nSPS) is 14.0. The summed E-state index contributed by atoms with van der Waals surface area (Å²) >= 11 is 0. The van der Waals surface area contributed by atoms with Crippen molar-refractivity contribution in [1.82, 2.24) is 20.1 Å². The summed E-state index contributed by atoms with van der Waals surface area (Å²) in [4.78, 5) is 47.0. The number of carbonyl (C=O) groups excluding carboxylic acids is 3. The van der Waals surface area contributed by atoms with E-state index in [-0.39, 0.29) is 30.8 Å². The van der Waals surface area contributed by atoms with Crippen LogP contribution in [-0.4, -0.2) is 78.9 Å². The van der Waals surface area contributed by atoms with Crippen molar-refractivity contribution >= 4 is 23.4 Å². The Morgan fingerprint density at radius 1 is 1.12 bits per heavy atom. The van der Waals surface area contributed by atoms with E-state index in [1.807, 2.05) is 29.2 Å². The molecule has 2 heterocycles. The summed E-state index contributed by atoms with van der Waals surface area (Å²) in [6, 6.07) is 10.7. The highest BCUT2D eigenvalue weighted by molar-refractivity contribution is 5.99. The number of rotatable bonds is 8. The van der Waals surface area contributed by atoms with E-state index in [0.717, 1.165) is 19.6 Å². The lowest BCUT2D eigenvalue weighted by Crippen LogP contribution is -2.52. The average molecular weight is 454 g/mol. The topological polar surface area (TPSA) is 95.1 Å². The molecule has 9 nitrogen and oxygen atoms in total. The standard InChI is InChI=1S/C24H31N5O4/c1-4-27-10-12-28(13-11-27)24(32)29(21-6-5-7-22(14-21)33-3)17-20-9-8-19(15-26-20)23(31)16-25-18(2)30/h5-9,14-15H,4,10-13,16-17H2,1-3H3,(H,25,30). The van der Waals surface area contributed by atoms with Crippen LogP contribution in [0, 0.1) is 0 Å². The Hall–Kier alpha value is -3.46. The van der Waals surface area contributed by atoms with Gasteiger partial charge in [-0.25, -0.2) is 4.79 Å². The summed E-state index contributed by atoms with van der Waals surface area (Å²) in [7, 11) is 1.59. The summed E-state index contributed by atoms with van der Waals surface area (Å²) in [6.45, 7) is 7.65. The number of piperazine rings is 1. The number of amides is 3. The first-order valence-corrected chi connectivity index (χ1v) is 11.1. The van der Waals surface area contributed by atoms with Crippen molar-refractivity contribution < 1.29 is 19.1 Å². The molecule has 0 aliphatic carbocycles. The molecule has 1 N–H and O–H groups in total. The molecule has 1 aromatic heterocycles. The molecule has 0 unspecified atom stereocenters. The summed E-state index contributed by atoms with van der Waals surface area (Å²) in [5.74, 6) is 0.173. The Morgan fingerprint density at radius 2 is 1.88 bits per heavy atom. The number of hydrogen-bond acceptors (Lipinski definition) is 6. The number of carbonyl (C=O) groups is 3. The fraction of sp³-hybridized carbons (Fsp3) is 0.417. The number of pyridine rings is 1. The molecule has 1 fully saturated rings. The summed E-state index contributed by atoms with van der Waals surface area (Å²) in [5.41, 5.74) is 1.77. The number of nitrogens with zero attached hydrogens (tertiary/aromatic N) is 4.